The fourth-order valence-corrected chi connectivity index (χ4v) is 0.875. The maximum absolute atomic E-state index is 10.3. The zero-order valence-corrected chi connectivity index (χ0v) is 6.06. The monoisotopic (exact) mass is 172 g/mol. The smallest absolute Gasteiger partial charge is 0.331 e. The van der Waals surface area contributed by atoms with Crippen molar-refractivity contribution < 1.29 is 25.2 Å². The van der Waals surface area contributed by atoms with E-state index in [1.807, 2.05) is 0 Å². The van der Waals surface area contributed by atoms with Crippen LogP contribution >= 0.6 is 0 Å². The molecule has 0 aromatic rings. The number of carbonyl (C=O) groups is 1. The SMILES string of the molecule is O=C(O)C1=CC=C(O)C(O)(O)C1. The summed E-state index contributed by atoms with van der Waals surface area (Å²) in [5.74, 6) is -4.32. The van der Waals surface area contributed by atoms with Crippen LogP contribution in [0, 0.1) is 0 Å². The second-order valence-electron chi connectivity index (χ2n) is 2.54. The lowest BCUT2D eigenvalue weighted by atomic mass is 9.98. The van der Waals surface area contributed by atoms with E-state index in [1.54, 1.807) is 0 Å². The molecule has 0 heterocycles. The number of aliphatic hydroxyl groups is 3. The molecule has 0 saturated carbocycles. The molecule has 0 saturated heterocycles. The summed E-state index contributed by atoms with van der Waals surface area (Å²) < 4.78 is 0. The zero-order chi connectivity index (χ0) is 9.35. The quantitative estimate of drug-likeness (QED) is 0.400. The Morgan fingerprint density at radius 2 is 2.00 bits per heavy atom. The van der Waals surface area contributed by atoms with Crippen LogP contribution in [-0.4, -0.2) is 32.2 Å². The first-order chi connectivity index (χ1) is 5.43. The first-order valence-electron chi connectivity index (χ1n) is 3.22. The first kappa shape index (κ1) is 8.76. The molecule has 0 radical (unpaired) electrons. The van der Waals surface area contributed by atoms with Gasteiger partial charge in [-0.25, -0.2) is 4.79 Å². The van der Waals surface area contributed by atoms with Crippen LogP contribution in [0.3, 0.4) is 0 Å². The molecule has 5 heteroatoms. The van der Waals surface area contributed by atoms with Crippen LogP contribution in [0.5, 0.6) is 0 Å². The lowest BCUT2D eigenvalue weighted by Crippen LogP contribution is -2.34. The van der Waals surface area contributed by atoms with Gasteiger partial charge in [0.05, 0.1) is 0 Å². The third-order valence-electron chi connectivity index (χ3n) is 1.56. The molecule has 0 fully saturated rings. The molecular weight excluding hydrogens is 164 g/mol. The Morgan fingerprint density at radius 3 is 2.42 bits per heavy atom. The molecule has 1 aliphatic rings. The molecule has 0 aliphatic heterocycles. The number of hydrogen-bond acceptors (Lipinski definition) is 4. The van der Waals surface area contributed by atoms with Gasteiger partial charge in [-0.2, -0.15) is 0 Å². The van der Waals surface area contributed by atoms with Crippen LogP contribution in [0.1, 0.15) is 6.42 Å². The molecule has 12 heavy (non-hydrogen) atoms. The van der Waals surface area contributed by atoms with Gasteiger partial charge < -0.3 is 20.4 Å². The average molecular weight is 172 g/mol. The van der Waals surface area contributed by atoms with Crippen molar-refractivity contribution in [1.29, 1.82) is 0 Å². The fourth-order valence-electron chi connectivity index (χ4n) is 0.875. The summed E-state index contributed by atoms with van der Waals surface area (Å²) in [6, 6.07) is 0. The third-order valence-corrected chi connectivity index (χ3v) is 1.56. The Balaban J connectivity index is 2.95. The van der Waals surface area contributed by atoms with E-state index in [0.717, 1.165) is 12.2 Å². The van der Waals surface area contributed by atoms with E-state index in [-0.39, 0.29) is 5.57 Å². The van der Waals surface area contributed by atoms with Crippen molar-refractivity contribution in [3.63, 3.8) is 0 Å². The summed E-state index contributed by atoms with van der Waals surface area (Å²) in [6.07, 6.45) is 1.57. The minimum Gasteiger partial charge on any atom is -0.507 e. The molecule has 0 amide bonds. The summed E-state index contributed by atoms with van der Waals surface area (Å²) in [4.78, 5) is 10.3. The van der Waals surface area contributed by atoms with Crippen LogP contribution in [0.25, 0.3) is 0 Å². The van der Waals surface area contributed by atoms with E-state index >= 15 is 0 Å². The number of allylic oxidation sites excluding steroid dienone is 2. The summed E-state index contributed by atoms with van der Waals surface area (Å²) in [6.45, 7) is 0. The van der Waals surface area contributed by atoms with Crippen molar-refractivity contribution in [3.8, 4) is 0 Å². The first-order valence-corrected chi connectivity index (χ1v) is 3.22. The van der Waals surface area contributed by atoms with Crippen molar-refractivity contribution in [1.82, 2.24) is 0 Å². The second-order valence-corrected chi connectivity index (χ2v) is 2.54. The van der Waals surface area contributed by atoms with Gasteiger partial charge in [0.1, 0.15) is 0 Å². The van der Waals surface area contributed by atoms with Gasteiger partial charge in [0.2, 0.25) is 5.79 Å². The van der Waals surface area contributed by atoms with Gasteiger partial charge in [0.25, 0.3) is 0 Å². The Morgan fingerprint density at radius 1 is 1.42 bits per heavy atom. The molecule has 0 spiro atoms. The molecule has 4 N–H and O–H groups in total. The number of rotatable bonds is 1. The van der Waals surface area contributed by atoms with Crippen LogP contribution < -0.4 is 0 Å². The highest BCUT2D eigenvalue weighted by Crippen LogP contribution is 2.25. The van der Waals surface area contributed by atoms with Gasteiger partial charge in [-0.15, -0.1) is 0 Å². The largest absolute Gasteiger partial charge is 0.507 e. The lowest BCUT2D eigenvalue weighted by Gasteiger charge is -2.23. The minimum atomic E-state index is -2.44. The highest BCUT2D eigenvalue weighted by Gasteiger charge is 2.34. The standard InChI is InChI=1S/C7H8O5/c8-5-2-1-4(6(9)10)3-7(5,11)12/h1-2,8,11-12H,3H2,(H,9,10). The predicted octanol–water partition coefficient (Wildman–Crippen LogP) is -0.476. The maximum Gasteiger partial charge on any atom is 0.331 e. The second kappa shape index (κ2) is 2.62. The molecule has 0 atom stereocenters. The van der Waals surface area contributed by atoms with E-state index in [1.165, 1.54) is 0 Å². The van der Waals surface area contributed by atoms with Crippen LogP contribution in [0.4, 0.5) is 0 Å². The molecule has 0 unspecified atom stereocenters. The van der Waals surface area contributed by atoms with E-state index < -0.39 is 23.9 Å². The van der Waals surface area contributed by atoms with E-state index in [9.17, 15) is 4.79 Å². The van der Waals surface area contributed by atoms with Crippen molar-refractivity contribution in [2.45, 2.75) is 12.2 Å². The third kappa shape index (κ3) is 1.46. The van der Waals surface area contributed by atoms with E-state index in [0.29, 0.717) is 0 Å². The molecule has 1 rings (SSSR count). The number of aliphatic carboxylic acids is 1. The molecule has 0 aromatic heterocycles. The molecule has 66 valence electrons. The van der Waals surface area contributed by atoms with Gasteiger partial charge in [0, 0.05) is 12.0 Å². The van der Waals surface area contributed by atoms with Crippen LogP contribution in [0.2, 0.25) is 0 Å². The van der Waals surface area contributed by atoms with Crippen LogP contribution in [-0.2, 0) is 4.79 Å². The highest BCUT2D eigenvalue weighted by molar-refractivity contribution is 5.87. The molecule has 0 aromatic carbocycles. The van der Waals surface area contributed by atoms with Gasteiger partial charge in [-0.1, -0.05) is 0 Å². The van der Waals surface area contributed by atoms with Crippen molar-refractivity contribution in [2.75, 3.05) is 0 Å². The molecule has 0 bridgehead atoms. The summed E-state index contributed by atoms with van der Waals surface area (Å²) in [5.41, 5.74) is -0.155. The van der Waals surface area contributed by atoms with Crippen molar-refractivity contribution in [2.24, 2.45) is 0 Å². The molecular formula is C7H8O5. The molecule has 5 nitrogen and oxygen atoms in total. The highest BCUT2D eigenvalue weighted by atomic mass is 16.5. The zero-order valence-electron chi connectivity index (χ0n) is 6.06. The number of carboxylic acid groups (broad SMARTS) is 1. The summed E-state index contributed by atoms with van der Waals surface area (Å²) in [5, 5.41) is 35.3. The van der Waals surface area contributed by atoms with Crippen molar-refractivity contribution in [3.05, 3.63) is 23.5 Å². The van der Waals surface area contributed by atoms with Gasteiger partial charge in [-0.05, 0) is 12.2 Å². The maximum atomic E-state index is 10.3. The number of carboxylic acids is 1. The average Bonchev–Trinajstić information content (AvgIpc) is 1.94. The predicted molar refractivity (Wildman–Crippen MR) is 38.2 cm³/mol. The number of hydrogen-bond donors (Lipinski definition) is 4. The Kier molecular flexibility index (Phi) is 1.91. The Labute approximate surface area is 67.9 Å². The lowest BCUT2D eigenvalue weighted by molar-refractivity contribution is -0.156. The van der Waals surface area contributed by atoms with Crippen molar-refractivity contribution >= 4 is 5.97 Å². The molecule has 1 aliphatic carbocycles. The number of aliphatic hydroxyl groups excluding tert-OH is 1. The van der Waals surface area contributed by atoms with Gasteiger partial charge in [-0.3, -0.25) is 0 Å². The Bertz CT molecular complexity index is 274. The van der Waals surface area contributed by atoms with Crippen LogP contribution in [0.15, 0.2) is 23.5 Å². The Hall–Kier alpha value is -1.33. The summed E-state index contributed by atoms with van der Waals surface area (Å²) >= 11 is 0. The van der Waals surface area contributed by atoms with Gasteiger partial charge in [0.15, 0.2) is 5.76 Å². The van der Waals surface area contributed by atoms with E-state index in [4.69, 9.17) is 20.4 Å². The summed E-state index contributed by atoms with van der Waals surface area (Å²) in [7, 11) is 0. The van der Waals surface area contributed by atoms with E-state index in [2.05, 4.69) is 0 Å². The van der Waals surface area contributed by atoms with Gasteiger partial charge >= 0.3 is 5.97 Å². The normalized spacial score (nSPS) is 21.2. The fraction of sp³-hybridized carbons (Fsp3) is 0.286. The minimum absolute atomic E-state index is 0.155. The topological polar surface area (TPSA) is 98.0 Å².